The topological polar surface area (TPSA) is 124 Å². The third-order valence-electron chi connectivity index (χ3n) is 5.78. The number of aryl methyl sites for hydroxylation is 1. The van der Waals surface area contributed by atoms with Crippen molar-refractivity contribution in [3.8, 4) is 5.75 Å². The second kappa shape index (κ2) is 9.75. The fraction of sp³-hybridized carbons (Fsp3) is 0.409. The van der Waals surface area contributed by atoms with E-state index in [1.165, 1.54) is 22.5 Å². The van der Waals surface area contributed by atoms with E-state index in [0.29, 0.717) is 31.9 Å². The summed E-state index contributed by atoms with van der Waals surface area (Å²) in [6, 6.07) is 8.77. The molecule has 0 saturated carbocycles. The molecule has 0 radical (unpaired) electrons. The summed E-state index contributed by atoms with van der Waals surface area (Å²) >= 11 is 0. The quantitative estimate of drug-likeness (QED) is 0.481. The molecule has 1 aliphatic rings. The number of phenolic OH excluding ortho intramolecular Hbond substituents is 1. The van der Waals surface area contributed by atoms with Crippen molar-refractivity contribution >= 4 is 27.3 Å². The van der Waals surface area contributed by atoms with Crippen LogP contribution in [0.5, 0.6) is 5.75 Å². The van der Waals surface area contributed by atoms with Gasteiger partial charge >= 0.3 is 0 Å². The zero-order valence-corrected chi connectivity index (χ0v) is 19.7. The summed E-state index contributed by atoms with van der Waals surface area (Å²) in [5, 5.41) is 21.8. The van der Waals surface area contributed by atoms with Crippen LogP contribution in [-0.2, 0) is 10.0 Å². The zero-order chi connectivity index (χ0) is 24.3. The van der Waals surface area contributed by atoms with E-state index in [2.05, 4.69) is 0 Å². The second-order valence-corrected chi connectivity index (χ2v) is 9.73. The van der Waals surface area contributed by atoms with Crippen molar-refractivity contribution in [1.82, 2.24) is 9.21 Å². The van der Waals surface area contributed by atoms with Gasteiger partial charge in [0.2, 0.25) is 10.0 Å². The minimum absolute atomic E-state index is 0.0892. The maximum absolute atomic E-state index is 12.8. The summed E-state index contributed by atoms with van der Waals surface area (Å²) < 4.78 is 26.8. The van der Waals surface area contributed by atoms with Crippen LogP contribution in [0.3, 0.4) is 0 Å². The largest absolute Gasteiger partial charge is 0.507 e. The van der Waals surface area contributed by atoms with Crippen molar-refractivity contribution < 1.29 is 23.2 Å². The first-order valence-corrected chi connectivity index (χ1v) is 12.2. The molecular weight excluding hydrogens is 448 g/mol. The van der Waals surface area contributed by atoms with Gasteiger partial charge in [0.1, 0.15) is 11.4 Å². The normalized spacial score (nSPS) is 14.5. The summed E-state index contributed by atoms with van der Waals surface area (Å²) in [5.41, 5.74) is 1.09. The van der Waals surface area contributed by atoms with Crippen molar-refractivity contribution in [3.63, 3.8) is 0 Å². The number of phenols is 1. The predicted octanol–water partition coefficient (Wildman–Crippen LogP) is 2.60. The Labute approximate surface area is 193 Å². The van der Waals surface area contributed by atoms with Gasteiger partial charge < -0.3 is 14.9 Å². The molecule has 0 aliphatic carbocycles. The van der Waals surface area contributed by atoms with Gasteiger partial charge in [-0.15, -0.1) is 0 Å². The molecule has 1 heterocycles. The number of anilines is 1. The Morgan fingerprint density at radius 1 is 1.09 bits per heavy atom. The fourth-order valence-corrected chi connectivity index (χ4v) is 5.41. The maximum atomic E-state index is 12.8. The lowest BCUT2D eigenvalue weighted by Crippen LogP contribution is -2.49. The van der Waals surface area contributed by atoms with Crippen molar-refractivity contribution in [3.05, 3.63) is 57.6 Å². The van der Waals surface area contributed by atoms with Crippen molar-refractivity contribution in [2.45, 2.75) is 25.7 Å². The van der Waals surface area contributed by atoms with Gasteiger partial charge in [-0.05, 0) is 31.2 Å². The molecule has 10 nitrogen and oxygen atoms in total. The Morgan fingerprint density at radius 2 is 1.73 bits per heavy atom. The molecule has 0 atom stereocenters. The van der Waals surface area contributed by atoms with Gasteiger partial charge in [0, 0.05) is 45.3 Å². The molecule has 1 saturated heterocycles. The number of nitro benzene ring substituents is 1. The number of sulfonamides is 1. The van der Waals surface area contributed by atoms with E-state index >= 15 is 0 Å². The van der Waals surface area contributed by atoms with E-state index < -0.39 is 14.9 Å². The third kappa shape index (κ3) is 4.93. The number of benzene rings is 2. The summed E-state index contributed by atoms with van der Waals surface area (Å²) in [4.78, 5) is 27.3. The first-order valence-electron chi connectivity index (χ1n) is 10.7. The monoisotopic (exact) mass is 476 g/mol. The van der Waals surface area contributed by atoms with Crippen molar-refractivity contribution in [2.24, 2.45) is 0 Å². The molecule has 1 amide bonds. The lowest BCUT2D eigenvalue weighted by molar-refractivity contribution is -0.384. The first-order chi connectivity index (χ1) is 15.6. The lowest BCUT2D eigenvalue weighted by atomic mass is 10.1. The molecule has 0 unspecified atom stereocenters. The van der Waals surface area contributed by atoms with Crippen LogP contribution >= 0.6 is 0 Å². The van der Waals surface area contributed by atoms with Gasteiger partial charge in [0.05, 0.1) is 15.4 Å². The number of carbonyl (C=O) groups excluding carboxylic acids is 1. The number of hydrogen-bond donors (Lipinski definition) is 1. The van der Waals surface area contributed by atoms with Crippen LogP contribution in [0.15, 0.2) is 41.3 Å². The van der Waals surface area contributed by atoms with E-state index in [4.69, 9.17) is 0 Å². The van der Waals surface area contributed by atoms with E-state index in [1.807, 2.05) is 6.92 Å². The summed E-state index contributed by atoms with van der Waals surface area (Å²) in [6.07, 6.45) is 0. The highest BCUT2D eigenvalue weighted by atomic mass is 32.2. The molecule has 11 heteroatoms. The van der Waals surface area contributed by atoms with Crippen molar-refractivity contribution in [1.29, 1.82) is 0 Å². The molecule has 2 aromatic carbocycles. The van der Waals surface area contributed by atoms with Gasteiger partial charge in [-0.3, -0.25) is 14.9 Å². The van der Waals surface area contributed by atoms with Crippen LogP contribution < -0.4 is 4.90 Å². The molecule has 3 rings (SSSR count). The van der Waals surface area contributed by atoms with Gasteiger partial charge in [0.15, 0.2) is 0 Å². The van der Waals surface area contributed by atoms with E-state index in [-0.39, 0.29) is 40.9 Å². The third-order valence-corrected chi connectivity index (χ3v) is 7.82. The highest BCUT2D eigenvalue weighted by molar-refractivity contribution is 7.89. The molecule has 1 N–H and O–H groups in total. The van der Waals surface area contributed by atoms with Crippen LogP contribution in [0.4, 0.5) is 11.4 Å². The molecule has 0 bridgehead atoms. The minimum Gasteiger partial charge on any atom is -0.507 e. The average Bonchev–Trinajstić information content (AvgIpc) is 2.80. The smallest absolute Gasteiger partial charge is 0.293 e. The molecule has 2 aromatic rings. The summed E-state index contributed by atoms with van der Waals surface area (Å²) in [7, 11) is -3.83. The zero-order valence-electron chi connectivity index (χ0n) is 18.9. The number of nitro groups is 1. The van der Waals surface area contributed by atoms with Crippen LogP contribution in [0.2, 0.25) is 0 Å². The average molecular weight is 477 g/mol. The number of piperazine rings is 1. The number of hydrogen-bond acceptors (Lipinski definition) is 7. The van der Waals surface area contributed by atoms with Gasteiger partial charge in [0.25, 0.3) is 11.6 Å². The van der Waals surface area contributed by atoms with E-state index in [0.717, 1.165) is 11.6 Å². The number of nitrogens with zero attached hydrogens (tertiary/aromatic N) is 4. The Kier molecular flexibility index (Phi) is 7.23. The Bertz CT molecular complexity index is 1160. The van der Waals surface area contributed by atoms with Gasteiger partial charge in [-0.2, -0.15) is 4.31 Å². The molecule has 1 fully saturated rings. The molecule has 178 valence electrons. The fourth-order valence-electron chi connectivity index (χ4n) is 3.93. The van der Waals surface area contributed by atoms with E-state index in [9.17, 15) is 28.4 Å². The number of carbonyl (C=O) groups is 1. The molecular formula is C22H28N4O6S. The highest BCUT2D eigenvalue weighted by Crippen LogP contribution is 2.33. The molecule has 33 heavy (non-hydrogen) atoms. The van der Waals surface area contributed by atoms with Crippen LogP contribution in [0.1, 0.15) is 29.8 Å². The standard InChI is InChI=1S/C22H28N4O6S/c1-4-25(5-2)33(31,32)17-7-8-19(20(15-17)26(29)30)23-10-12-24(13-11-23)22(28)18-14-16(3)6-9-21(18)27/h6-9,14-15,27H,4-5,10-13H2,1-3H3. The maximum Gasteiger partial charge on any atom is 0.293 e. The molecule has 0 aromatic heterocycles. The van der Waals surface area contributed by atoms with Crippen LogP contribution in [0.25, 0.3) is 0 Å². The summed E-state index contributed by atoms with van der Waals surface area (Å²) in [5.74, 6) is -0.389. The van der Waals surface area contributed by atoms with Crippen LogP contribution in [-0.4, -0.2) is 72.8 Å². The minimum atomic E-state index is -3.83. The SMILES string of the molecule is CCN(CC)S(=O)(=O)c1ccc(N2CCN(C(=O)c3cc(C)ccc3O)CC2)c([N+](=O)[O-])c1. The molecule has 0 spiro atoms. The Hall–Kier alpha value is -3.18. The predicted molar refractivity (Wildman–Crippen MR) is 124 cm³/mol. The van der Waals surface area contributed by atoms with Crippen molar-refractivity contribution in [2.75, 3.05) is 44.2 Å². The number of aromatic hydroxyl groups is 1. The molecule has 1 aliphatic heterocycles. The van der Waals surface area contributed by atoms with E-state index in [1.54, 1.807) is 35.8 Å². The highest BCUT2D eigenvalue weighted by Gasteiger charge is 2.30. The lowest BCUT2D eigenvalue weighted by Gasteiger charge is -2.36. The summed E-state index contributed by atoms with van der Waals surface area (Å²) in [6.45, 7) is 7.07. The van der Waals surface area contributed by atoms with Crippen LogP contribution in [0, 0.1) is 17.0 Å². The van der Waals surface area contributed by atoms with Gasteiger partial charge in [-0.25, -0.2) is 8.42 Å². The Balaban J connectivity index is 1.82. The number of rotatable bonds is 7. The second-order valence-electron chi connectivity index (χ2n) is 7.80. The van der Waals surface area contributed by atoms with Gasteiger partial charge in [-0.1, -0.05) is 25.5 Å². The number of amides is 1. The first kappa shape index (κ1) is 24.5. The Morgan fingerprint density at radius 3 is 2.30 bits per heavy atom.